The molecule has 1 aliphatic rings. The molecule has 0 aromatic carbocycles. The van der Waals surface area contributed by atoms with Gasteiger partial charge in [0.25, 0.3) is 0 Å². The highest BCUT2D eigenvalue weighted by molar-refractivity contribution is 9.09. The minimum Gasteiger partial charge on any atom is -0.330 e. The molecule has 54 valence electrons. The van der Waals surface area contributed by atoms with Crippen molar-refractivity contribution in [3.63, 3.8) is 0 Å². The Bertz CT molecular complexity index is 77.0. The molecule has 1 aliphatic carbocycles. The monoisotopic (exact) mass is 191 g/mol. The molecule has 0 bridgehead atoms. The molecule has 0 radical (unpaired) electrons. The second-order valence-electron chi connectivity index (χ2n) is 2.85. The van der Waals surface area contributed by atoms with E-state index in [1.165, 1.54) is 25.7 Å². The summed E-state index contributed by atoms with van der Waals surface area (Å²) < 4.78 is 0. The predicted molar refractivity (Wildman–Crippen MR) is 43.7 cm³/mol. The second-order valence-corrected chi connectivity index (χ2v) is 4.15. The molecule has 0 aliphatic heterocycles. The van der Waals surface area contributed by atoms with Gasteiger partial charge in [-0.15, -0.1) is 0 Å². The molecule has 0 amide bonds. The standard InChI is InChI=1S/C7H14BrN/c8-7-3-1-6(5-9)2-4-7/h6-7H,1-5,9H2. The summed E-state index contributed by atoms with van der Waals surface area (Å²) in [7, 11) is 0. The number of alkyl halides is 1. The van der Waals surface area contributed by atoms with E-state index in [1.54, 1.807) is 0 Å². The lowest BCUT2D eigenvalue weighted by Crippen LogP contribution is -2.21. The maximum atomic E-state index is 5.53. The molecule has 1 saturated carbocycles. The van der Waals surface area contributed by atoms with Crippen LogP contribution in [0.25, 0.3) is 0 Å². The van der Waals surface area contributed by atoms with Gasteiger partial charge in [0.1, 0.15) is 0 Å². The third-order valence-corrected chi connectivity index (χ3v) is 3.03. The van der Waals surface area contributed by atoms with Crippen molar-refractivity contribution >= 4 is 15.9 Å². The first-order valence-corrected chi connectivity index (χ1v) is 4.58. The van der Waals surface area contributed by atoms with Crippen molar-refractivity contribution in [2.45, 2.75) is 30.5 Å². The van der Waals surface area contributed by atoms with Crippen LogP contribution in [-0.4, -0.2) is 11.4 Å². The molecule has 0 heterocycles. The van der Waals surface area contributed by atoms with E-state index in [0.29, 0.717) is 0 Å². The summed E-state index contributed by atoms with van der Waals surface area (Å²) in [6.45, 7) is 0.889. The van der Waals surface area contributed by atoms with E-state index >= 15 is 0 Å². The molecule has 1 fully saturated rings. The van der Waals surface area contributed by atoms with Crippen molar-refractivity contribution in [1.29, 1.82) is 0 Å². The van der Waals surface area contributed by atoms with Crippen molar-refractivity contribution in [2.75, 3.05) is 6.54 Å². The van der Waals surface area contributed by atoms with E-state index in [-0.39, 0.29) is 0 Å². The second kappa shape index (κ2) is 3.57. The lowest BCUT2D eigenvalue weighted by atomic mass is 9.89. The van der Waals surface area contributed by atoms with E-state index < -0.39 is 0 Å². The third-order valence-electron chi connectivity index (χ3n) is 2.11. The van der Waals surface area contributed by atoms with Crippen LogP contribution in [0.3, 0.4) is 0 Å². The Hall–Kier alpha value is 0.440. The first kappa shape index (κ1) is 7.55. The van der Waals surface area contributed by atoms with Crippen LogP contribution in [0, 0.1) is 5.92 Å². The zero-order chi connectivity index (χ0) is 6.69. The Balaban J connectivity index is 2.18. The SMILES string of the molecule is NCC1CCC(Br)CC1. The van der Waals surface area contributed by atoms with Crippen LogP contribution >= 0.6 is 15.9 Å². The fourth-order valence-corrected chi connectivity index (χ4v) is 1.89. The number of halogens is 1. The Kier molecular flexibility index (Phi) is 2.99. The normalized spacial score (nSPS) is 36.7. The van der Waals surface area contributed by atoms with Gasteiger partial charge in [0.15, 0.2) is 0 Å². The molecule has 0 saturated heterocycles. The molecule has 0 atom stereocenters. The van der Waals surface area contributed by atoms with E-state index in [9.17, 15) is 0 Å². The summed E-state index contributed by atoms with van der Waals surface area (Å²) in [6.07, 6.45) is 5.29. The first-order chi connectivity index (χ1) is 4.33. The van der Waals surface area contributed by atoms with Crippen molar-refractivity contribution < 1.29 is 0 Å². The molecule has 1 nitrogen and oxygen atoms in total. The third kappa shape index (κ3) is 2.26. The molecule has 0 unspecified atom stereocenters. The average Bonchev–Trinajstić information content (AvgIpc) is 1.90. The number of hydrogen-bond acceptors (Lipinski definition) is 1. The van der Waals surface area contributed by atoms with E-state index in [2.05, 4.69) is 15.9 Å². The smallest absolute Gasteiger partial charge is 0.0146 e. The van der Waals surface area contributed by atoms with Gasteiger partial charge < -0.3 is 5.73 Å². The van der Waals surface area contributed by atoms with Gasteiger partial charge in [0, 0.05) is 4.83 Å². The zero-order valence-electron chi connectivity index (χ0n) is 5.65. The van der Waals surface area contributed by atoms with Gasteiger partial charge >= 0.3 is 0 Å². The first-order valence-electron chi connectivity index (χ1n) is 3.67. The van der Waals surface area contributed by atoms with E-state index in [4.69, 9.17) is 5.73 Å². The van der Waals surface area contributed by atoms with Crippen molar-refractivity contribution in [2.24, 2.45) is 11.7 Å². The number of nitrogens with two attached hydrogens (primary N) is 1. The molecule has 0 aromatic rings. The lowest BCUT2D eigenvalue weighted by Gasteiger charge is -2.23. The topological polar surface area (TPSA) is 26.0 Å². The van der Waals surface area contributed by atoms with Gasteiger partial charge in [0.2, 0.25) is 0 Å². The van der Waals surface area contributed by atoms with Crippen LogP contribution in [0.5, 0.6) is 0 Å². The largest absolute Gasteiger partial charge is 0.330 e. The summed E-state index contributed by atoms with van der Waals surface area (Å²) >= 11 is 3.60. The summed E-state index contributed by atoms with van der Waals surface area (Å²) in [5, 5.41) is 0. The van der Waals surface area contributed by atoms with Crippen molar-refractivity contribution in [3.8, 4) is 0 Å². The highest BCUT2D eigenvalue weighted by Crippen LogP contribution is 2.27. The molecular formula is C7H14BrN. The van der Waals surface area contributed by atoms with Crippen molar-refractivity contribution in [3.05, 3.63) is 0 Å². The van der Waals surface area contributed by atoms with Crippen LogP contribution in [0.2, 0.25) is 0 Å². The fourth-order valence-electron chi connectivity index (χ4n) is 1.36. The van der Waals surface area contributed by atoms with Crippen LogP contribution in [0.1, 0.15) is 25.7 Å². The zero-order valence-corrected chi connectivity index (χ0v) is 7.23. The lowest BCUT2D eigenvalue weighted by molar-refractivity contribution is 0.376. The maximum absolute atomic E-state index is 5.53. The van der Waals surface area contributed by atoms with Gasteiger partial charge in [-0.05, 0) is 38.1 Å². The van der Waals surface area contributed by atoms with Gasteiger partial charge in [0.05, 0.1) is 0 Å². The molecule has 2 N–H and O–H groups in total. The quantitative estimate of drug-likeness (QED) is 0.631. The van der Waals surface area contributed by atoms with Gasteiger partial charge in [-0.3, -0.25) is 0 Å². The Morgan fingerprint density at radius 2 is 1.78 bits per heavy atom. The van der Waals surface area contributed by atoms with Gasteiger partial charge in [-0.1, -0.05) is 15.9 Å². The number of rotatable bonds is 1. The predicted octanol–water partition coefficient (Wildman–Crippen LogP) is 1.90. The van der Waals surface area contributed by atoms with Crippen molar-refractivity contribution in [1.82, 2.24) is 0 Å². The Morgan fingerprint density at radius 1 is 1.22 bits per heavy atom. The molecule has 2 heteroatoms. The Morgan fingerprint density at radius 3 is 2.22 bits per heavy atom. The molecule has 1 rings (SSSR count). The molecule has 0 spiro atoms. The molecule has 0 aromatic heterocycles. The Labute approximate surface area is 65.1 Å². The van der Waals surface area contributed by atoms with Crippen LogP contribution < -0.4 is 5.73 Å². The summed E-state index contributed by atoms with van der Waals surface area (Å²) in [5.41, 5.74) is 5.53. The minimum atomic E-state index is 0.778. The highest BCUT2D eigenvalue weighted by atomic mass is 79.9. The number of hydrogen-bond donors (Lipinski definition) is 1. The molecule has 9 heavy (non-hydrogen) atoms. The van der Waals surface area contributed by atoms with Crippen LogP contribution in [0.15, 0.2) is 0 Å². The fraction of sp³-hybridized carbons (Fsp3) is 1.00. The molecular weight excluding hydrogens is 178 g/mol. The van der Waals surface area contributed by atoms with Crippen LogP contribution in [0.4, 0.5) is 0 Å². The van der Waals surface area contributed by atoms with E-state index in [1.807, 2.05) is 0 Å². The summed E-state index contributed by atoms with van der Waals surface area (Å²) in [5.74, 6) is 0.818. The van der Waals surface area contributed by atoms with Gasteiger partial charge in [-0.2, -0.15) is 0 Å². The average molecular weight is 192 g/mol. The van der Waals surface area contributed by atoms with E-state index in [0.717, 1.165) is 17.3 Å². The summed E-state index contributed by atoms with van der Waals surface area (Å²) in [6, 6.07) is 0. The van der Waals surface area contributed by atoms with Gasteiger partial charge in [-0.25, -0.2) is 0 Å². The summed E-state index contributed by atoms with van der Waals surface area (Å²) in [4.78, 5) is 0.778. The minimum absolute atomic E-state index is 0.778. The highest BCUT2D eigenvalue weighted by Gasteiger charge is 2.17. The van der Waals surface area contributed by atoms with Crippen LogP contribution in [-0.2, 0) is 0 Å². The maximum Gasteiger partial charge on any atom is 0.0146 e.